The number of hydrogen-bond donors (Lipinski definition) is 1. The number of ether oxygens (including phenoxy) is 1. The summed E-state index contributed by atoms with van der Waals surface area (Å²) >= 11 is 0. The van der Waals surface area contributed by atoms with Crippen LogP contribution in [0.5, 0.6) is 0 Å². The number of allylic oxidation sites excluding steroid dienone is 1. The molecule has 2 fully saturated rings. The molecule has 0 aliphatic carbocycles. The second kappa shape index (κ2) is 5.70. The third kappa shape index (κ3) is 2.19. The highest BCUT2D eigenvalue weighted by Gasteiger charge is 2.45. The van der Waals surface area contributed by atoms with Gasteiger partial charge >= 0.3 is 6.09 Å². The van der Waals surface area contributed by atoms with Gasteiger partial charge in [-0.1, -0.05) is 6.58 Å². The quantitative estimate of drug-likeness (QED) is 0.571. The van der Waals surface area contributed by atoms with E-state index in [1.807, 2.05) is 23.7 Å². The van der Waals surface area contributed by atoms with Crippen molar-refractivity contribution in [1.29, 1.82) is 0 Å². The van der Waals surface area contributed by atoms with Crippen molar-refractivity contribution in [2.75, 3.05) is 6.54 Å². The smallest absolute Gasteiger partial charge is 0.410 e. The van der Waals surface area contributed by atoms with Gasteiger partial charge in [0.2, 0.25) is 0 Å². The van der Waals surface area contributed by atoms with Crippen LogP contribution in [-0.4, -0.2) is 42.2 Å². The molecule has 4 rings (SSSR count). The molecular weight excluding hydrogens is 304 g/mol. The first-order valence-corrected chi connectivity index (χ1v) is 7.23. The van der Waals surface area contributed by atoms with Crippen LogP contribution < -0.4 is 17.3 Å². The lowest BCUT2D eigenvalue weighted by Gasteiger charge is -2.33. The Kier molecular flexibility index (Phi) is 3.88. The van der Waals surface area contributed by atoms with E-state index >= 15 is 0 Å². The fraction of sp³-hybridized carbons (Fsp3) is 0.400. The van der Waals surface area contributed by atoms with Gasteiger partial charge in [-0.05, 0) is 18.9 Å². The monoisotopic (exact) mass is 320 g/mol. The van der Waals surface area contributed by atoms with E-state index in [2.05, 4.69) is 16.6 Å². The standard InChI is InChI=1S/C15H16N4O2.ClH/c1-2-13-11-4-3-10(8-19(11)15(20)21-13)14-12-7-16-5-6-18(12)9-17-14;/h2,5-7,9-11,13H,1,3-4,8H2;1H/t10-,11+,13?;/m1./s1. The molecule has 1 N–H and O–H groups in total. The van der Waals surface area contributed by atoms with Crippen molar-refractivity contribution in [1.82, 2.24) is 4.90 Å². The number of piperidine rings is 1. The number of fused-ring (bicyclic) bond motifs is 2. The Morgan fingerprint density at radius 1 is 1.45 bits per heavy atom. The molecule has 0 radical (unpaired) electrons. The Hall–Kier alpha value is -1.92. The van der Waals surface area contributed by atoms with E-state index in [0.29, 0.717) is 6.54 Å². The minimum absolute atomic E-state index is 0. The first-order valence-electron chi connectivity index (χ1n) is 7.23. The van der Waals surface area contributed by atoms with Crippen molar-refractivity contribution in [3.63, 3.8) is 0 Å². The molecule has 0 saturated carbocycles. The fourth-order valence-electron chi connectivity index (χ4n) is 3.50. The van der Waals surface area contributed by atoms with Gasteiger partial charge in [0, 0.05) is 12.5 Å². The van der Waals surface area contributed by atoms with Crippen molar-refractivity contribution in [2.45, 2.75) is 25.0 Å². The Labute approximate surface area is 134 Å². The fourth-order valence-corrected chi connectivity index (χ4v) is 3.50. The molecule has 7 heteroatoms. The summed E-state index contributed by atoms with van der Waals surface area (Å²) in [5.41, 5.74) is 2.14. The van der Waals surface area contributed by atoms with Crippen LogP contribution in [0.4, 0.5) is 4.79 Å². The second-order valence-electron chi connectivity index (χ2n) is 5.68. The number of carbonyl (C=O) groups excluding carboxylic acids is 1. The zero-order valence-corrected chi connectivity index (χ0v) is 12.7. The van der Waals surface area contributed by atoms with Crippen LogP contribution in [0, 0.1) is 5.92 Å². The van der Waals surface area contributed by atoms with Gasteiger partial charge < -0.3 is 22.0 Å². The van der Waals surface area contributed by atoms with Gasteiger partial charge in [-0.3, -0.25) is 4.99 Å². The van der Waals surface area contributed by atoms with Crippen LogP contribution >= 0.6 is 0 Å². The molecule has 1 amide bonds. The molecule has 4 aliphatic heterocycles. The molecule has 4 atom stereocenters. The highest BCUT2D eigenvalue weighted by molar-refractivity contribution is 5.82. The summed E-state index contributed by atoms with van der Waals surface area (Å²) in [6, 6.07) is 0.130. The number of rotatable bonds is 2. The highest BCUT2D eigenvalue weighted by atomic mass is 35.5. The number of amides is 1. The molecule has 6 nitrogen and oxygen atoms in total. The SMILES string of the molecule is C=CC1OC(=O)N2C[C@H](C3=C4C=NC=C[NH+]4C=N3)CC[C@@H]12.[Cl-]. The van der Waals surface area contributed by atoms with Crippen LogP contribution in [0.25, 0.3) is 0 Å². The van der Waals surface area contributed by atoms with Gasteiger partial charge in [-0.2, -0.15) is 0 Å². The lowest BCUT2D eigenvalue weighted by atomic mass is 9.88. The molecule has 0 aromatic rings. The maximum Gasteiger partial charge on any atom is 0.410 e. The Bertz CT molecular complexity index is 625. The maximum atomic E-state index is 12.0. The first-order chi connectivity index (χ1) is 10.3. The van der Waals surface area contributed by atoms with E-state index in [-0.39, 0.29) is 36.6 Å². The largest absolute Gasteiger partial charge is 1.00 e. The Balaban J connectivity index is 0.00000144. The van der Waals surface area contributed by atoms with Crippen molar-refractivity contribution in [3.8, 4) is 0 Å². The lowest BCUT2D eigenvalue weighted by molar-refractivity contribution is -0.682. The van der Waals surface area contributed by atoms with E-state index < -0.39 is 0 Å². The summed E-state index contributed by atoms with van der Waals surface area (Å²) < 4.78 is 5.35. The minimum Gasteiger partial charge on any atom is -1.00 e. The van der Waals surface area contributed by atoms with Crippen LogP contribution in [0.1, 0.15) is 12.8 Å². The number of carbonyl (C=O) groups is 1. The summed E-state index contributed by atoms with van der Waals surface area (Å²) in [4.78, 5) is 23.7. The summed E-state index contributed by atoms with van der Waals surface area (Å²) in [5.74, 6) is 0.249. The molecule has 2 unspecified atom stereocenters. The number of nitrogens with one attached hydrogen (secondary N) is 1. The molecule has 116 valence electrons. The van der Waals surface area contributed by atoms with E-state index in [1.165, 1.54) is 0 Å². The number of nitrogens with zero attached hydrogens (tertiary/aromatic N) is 3. The van der Waals surface area contributed by atoms with E-state index in [4.69, 9.17) is 4.74 Å². The zero-order valence-electron chi connectivity index (χ0n) is 12.0. The van der Waals surface area contributed by atoms with Gasteiger partial charge in [0.05, 0.1) is 18.5 Å². The van der Waals surface area contributed by atoms with Gasteiger partial charge in [0.1, 0.15) is 18.0 Å². The average Bonchev–Trinajstić information content (AvgIpc) is 3.08. The van der Waals surface area contributed by atoms with Gasteiger partial charge in [-0.15, -0.1) is 0 Å². The first kappa shape index (κ1) is 15.0. The van der Waals surface area contributed by atoms with E-state index in [9.17, 15) is 4.79 Å². The molecule has 0 aromatic carbocycles. The molecule has 4 aliphatic rings. The molecular formula is C15H17ClN4O2. The average molecular weight is 321 g/mol. The van der Waals surface area contributed by atoms with Crippen LogP contribution in [0.2, 0.25) is 0 Å². The molecule has 2 saturated heterocycles. The summed E-state index contributed by atoms with van der Waals surface area (Å²) in [5, 5.41) is 0. The number of aliphatic imine (C=N–C) groups is 2. The van der Waals surface area contributed by atoms with Crippen molar-refractivity contribution < 1.29 is 26.8 Å². The topological polar surface area (TPSA) is 58.7 Å². The molecule has 22 heavy (non-hydrogen) atoms. The van der Waals surface area contributed by atoms with Crippen LogP contribution in [0.15, 0.2) is 46.4 Å². The number of quaternary nitrogens is 1. The number of cyclic esters (lactones) is 1. The third-order valence-electron chi connectivity index (χ3n) is 4.57. The van der Waals surface area contributed by atoms with Crippen molar-refractivity contribution >= 4 is 18.6 Å². The highest BCUT2D eigenvalue weighted by Crippen LogP contribution is 2.35. The summed E-state index contributed by atoms with van der Waals surface area (Å²) in [7, 11) is 0. The summed E-state index contributed by atoms with van der Waals surface area (Å²) in [6.07, 6.45) is 10.7. The van der Waals surface area contributed by atoms with Crippen LogP contribution in [0.3, 0.4) is 0 Å². The van der Waals surface area contributed by atoms with Crippen molar-refractivity contribution in [3.05, 3.63) is 36.4 Å². The molecule has 0 bridgehead atoms. The Morgan fingerprint density at radius 3 is 3.14 bits per heavy atom. The predicted molar refractivity (Wildman–Crippen MR) is 77.8 cm³/mol. The summed E-state index contributed by atoms with van der Waals surface area (Å²) in [6.45, 7) is 4.42. The third-order valence-corrected chi connectivity index (χ3v) is 4.57. The normalized spacial score (nSPS) is 35.1. The van der Waals surface area contributed by atoms with Crippen LogP contribution in [-0.2, 0) is 4.74 Å². The lowest BCUT2D eigenvalue weighted by Crippen LogP contribution is -3.04. The van der Waals surface area contributed by atoms with Gasteiger partial charge in [0.15, 0.2) is 12.0 Å². The molecule has 0 aromatic heterocycles. The Morgan fingerprint density at radius 2 is 2.32 bits per heavy atom. The molecule has 0 spiro atoms. The minimum atomic E-state index is -0.233. The predicted octanol–water partition coefficient (Wildman–Crippen LogP) is -2.53. The van der Waals surface area contributed by atoms with Gasteiger partial charge in [-0.25, -0.2) is 14.7 Å². The van der Waals surface area contributed by atoms with Gasteiger partial charge in [0.25, 0.3) is 0 Å². The maximum absolute atomic E-state index is 12.0. The molecule has 4 heterocycles. The number of hydrogen-bond acceptors (Lipinski definition) is 4. The van der Waals surface area contributed by atoms with E-state index in [1.54, 1.807) is 12.3 Å². The van der Waals surface area contributed by atoms with E-state index in [0.717, 1.165) is 29.1 Å². The second-order valence-corrected chi connectivity index (χ2v) is 5.68. The number of halogens is 1. The zero-order chi connectivity index (χ0) is 14.4. The van der Waals surface area contributed by atoms with Crippen molar-refractivity contribution in [2.24, 2.45) is 15.9 Å².